The molecule has 1 heterocycles. The molecule has 1 aliphatic heterocycles. The molecule has 1 aliphatic rings. The minimum absolute atomic E-state index is 0.00654. The number of carbonyl (C=O) groups excluding carboxylic acids is 2. The first-order chi connectivity index (χ1) is 7.65. The lowest BCUT2D eigenvalue weighted by atomic mass is 10.1. The van der Waals surface area contributed by atoms with Crippen molar-refractivity contribution in [2.45, 2.75) is 6.10 Å². The maximum absolute atomic E-state index is 11.8. The summed E-state index contributed by atoms with van der Waals surface area (Å²) < 4.78 is 0. The molecule has 0 saturated heterocycles. The average Bonchev–Trinajstić information content (AvgIpc) is 2.55. The first-order valence-corrected chi connectivity index (χ1v) is 5.38. The number of alkyl halides is 1. The fourth-order valence-electron chi connectivity index (χ4n) is 1.66. The Morgan fingerprint density at radius 2 is 1.69 bits per heavy atom. The Balaban J connectivity index is 2.28. The van der Waals surface area contributed by atoms with Crippen LogP contribution in [0.2, 0.25) is 0 Å². The standard InChI is InChI=1S/C11H10ClNO3/c12-5-7(14)6-13-10(15)8-3-1-2-4-9(8)11(13)16/h1-4,7,14H,5-6H2/t7-/m0/s1. The van der Waals surface area contributed by atoms with Crippen LogP contribution in [-0.2, 0) is 0 Å². The van der Waals surface area contributed by atoms with Crippen LogP contribution in [0, 0.1) is 0 Å². The first-order valence-electron chi connectivity index (χ1n) is 4.84. The van der Waals surface area contributed by atoms with Crippen molar-refractivity contribution in [2.24, 2.45) is 0 Å². The molecule has 0 aromatic heterocycles. The second-order valence-corrected chi connectivity index (χ2v) is 3.88. The number of fused-ring (bicyclic) bond motifs is 1. The van der Waals surface area contributed by atoms with Crippen LogP contribution in [-0.4, -0.2) is 40.3 Å². The molecule has 1 aromatic rings. The average molecular weight is 240 g/mol. The third-order valence-electron chi connectivity index (χ3n) is 2.45. The van der Waals surface area contributed by atoms with Gasteiger partial charge in [0.15, 0.2) is 0 Å². The van der Waals surface area contributed by atoms with E-state index in [1.807, 2.05) is 0 Å². The minimum atomic E-state index is -0.885. The Morgan fingerprint density at radius 3 is 2.12 bits per heavy atom. The predicted octanol–water partition coefficient (Wildman–Crippen LogP) is 0.882. The van der Waals surface area contributed by atoms with Crippen molar-refractivity contribution in [3.05, 3.63) is 35.4 Å². The number of halogens is 1. The molecule has 0 fully saturated rings. The zero-order chi connectivity index (χ0) is 11.7. The fraction of sp³-hybridized carbons (Fsp3) is 0.273. The number of hydrogen-bond donors (Lipinski definition) is 1. The summed E-state index contributed by atoms with van der Waals surface area (Å²) in [5, 5.41) is 9.35. The van der Waals surface area contributed by atoms with Gasteiger partial charge in [0.25, 0.3) is 11.8 Å². The lowest BCUT2D eigenvalue weighted by Gasteiger charge is -2.16. The summed E-state index contributed by atoms with van der Waals surface area (Å²) in [6.07, 6.45) is -0.885. The van der Waals surface area contributed by atoms with Crippen molar-refractivity contribution in [3.63, 3.8) is 0 Å². The van der Waals surface area contributed by atoms with E-state index >= 15 is 0 Å². The number of hydrogen-bond acceptors (Lipinski definition) is 3. The highest BCUT2D eigenvalue weighted by molar-refractivity contribution is 6.21. The number of aliphatic hydroxyl groups excluding tert-OH is 1. The number of carbonyl (C=O) groups is 2. The van der Waals surface area contributed by atoms with Gasteiger partial charge in [-0.15, -0.1) is 11.6 Å². The summed E-state index contributed by atoms with van der Waals surface area (Å²) in [5.41, 5.74) is 0.767. The third-order valence-corrected chi connectivity index (χ3v) is 2.81. The molecule has 2 amide bonds. The van der Waals surface area contributed by atoms with Crippen molar-refractivity contribution < 1.29 is 14.7 Å². The normalized spacial score (nSPS) is 16.5. The van der Waals surface area contributed by atoms with Gasteiger partial charge in [0.2, 0.25) is 0 Å². The van der Waals surface area contributed by atoms with Gasteiger partial charge in [-0.2, -0.15) is 0 Å². The number of rotatable bonds is 3. The van der Waals surface area contributed by atoms with Gasteiger partial charge in [0.1, 0.15) is 0 Å². The van der Waals surface area contributed by atoms with Gasteiger partial charge in [0, 0.05) is 0 Å². The number of benzene rings is 1. The topological polar surface area (TPSA) is 57.6 Å². The number of imide groups is 1. The maximum atomic E-state index is 11.8. The van der Waals surface area contributed by atoms with E-state index in [-0.39, 0.29) is 24.2 Å². The van der Waals surface area contributed by atoms with E-state index in [2.05, 4.69) is 0 Å². The molecule has 0 aliphatic carbocycles. The summed E-state index contributed by atoms with van der Waals surface area (Å²) in [4.78, 5) is 24.6. The lowest BCUT2D eigenvalue weighted by Crippen LogP contribution is -2.37. The predicted molar refractivity (Wildman–Crippen MR) is 58.5 cm³/mol. The minimum Gasteiger partial charge on any atom is -0.390 e. The molecular formula is C11H10ClNO3. The molecule has 0 saturated carbocycles. The van der Waals surface area contributed by atoms with E-state index in [9.17, 15) is 14.7 Å². The summed E-state index contributed by atoms with van der Waals surface area (Å²) in [6.45, 7) is -0.0597. The van der Waals surface area contributed by atoms with Crippen molar-refractivity contribution in [3.8, 4) is 0 Å². The second kappa shape index (κ2) is 4.23. The first kappa shape index (κ1) is 11.1. The van der Waals surface area contributed by atoms with E-state index < -0.39 is 6.10 Å². The largest absolute Gasteiger partial charge is 0.390 e. The zero-order valence-corrected chi connectivity index (χ0v) is 9.15. The van der Waals surface area contributed by atoms with Gasteiger partial charge in [-0.1, -0.05) is 12.1 Å². The van der Waals surface area contributed by atoms with E-state index in [1.54, 1.807) is 24.3 Å². The maximum Gasteiger partial charge on any atom is 0.261 e. The van der Waals surface area contributed by atoms with Gasteiger partial charge in [-0.05, 0) is 12.1 Å². The molecule has 1 aromatic carbocycles. The van der Waals surface area contributed by atoms with Gasteiger partial charge >= 0.3 is 0 Å². The van der Waals surface area contributed by atoms with Crippen molar-refractivity contribution in [1.29, 1.82) is 0 Å². The molecule has 0 radical (unpaired) electrons. The van der Waals surface area contributed by atoms with Gasteiger partial charge in [-0.3, -0.25) is 14.5 Å². The molecule has 1 atom stereocenters. The Kier molecular flexibility index (Phi) is 2.94. The molecule has 5 heteroatoms. The van der Waals surface area contributed by atoms with Crippen molar-refractivity contribution in [1.82, 2.24) is 4.90 Å². The number of aliphatic hydroxyl groups is 1. The van der Waals surface area contributed by atoms with E-state index in [0.717, 1.165) is 4.90 Å². The quantitative estimate of drug-likeness (QED) is 0.629. The molecule has 4 nitrogen and oxygen atoms in total. The summed E-state index contributed by atoms with van der Waals surface area (Å²) >= 11 is 5.44. The van der Waals surface area contributed by atoms with Gasteiger partial charge in [-0.25, -0.2) is 0 Å². The smallest absolute Gasteiger partial charge is 0.261 e. The van der Waals surface area contributed by atoms with E-state index in [1.165, 1.54) is 0 Å². The van der Waals surface area contributed by atoms with Gasteiger partial charge < -0.3 is 5.11 Å². The highest BCUT2D eigenvalue weighted by atomic mass is 35.5. The third kappa shape index (κ3) is 1.70. The Hall–Kier alpha value is -1.39. The van der Waals surface area contributed by atoms with Crippen molar-refractivity contribution in [2.75, 3.05) is 12.4 Å². The molecule has 0 bridgehead atoms. The number of β-amino-alcohol motifs (C(OH)–C–C–N with tert-alkyl or cyclic N) is 1. The fourth-order valence-corrected chi connectivity index (χ4v) is 1.76. The summed E-state index contributed by atoms with van der Waals surface area (Å²) in [5.74, 6) is -0.748. The van der Waals surface area contributed by atoms with Crippen LogP contribution < -0.4 is 0 Å². The Bertz CT molecular complexity index is 412. The Morgan fingerprint density at radius 1 is 1.19 bits per heavy atom. The summed E-state index contributed by atoms with van der Waals surface area (Å²) in [6, 6.07) is 6.60. The number of nitrogens with zero attached hydrogens (tertiary/aromatic N) is 1. The lowest BCUT2D eigenvalue weighted by molar-refractivity contribution is 0.0566. The van der Waals surface area contributed by atoms with Crippen LogP contribution >= 0.6 is 11.6 Å². The molecule has 1 N–H and O–H groups in total. The molecular weight excluding hydrogens is 230 g/mol. The van der Waals surface area contributed by atoms with E-state index in [0.29, 0.717) is 11.1 Å². The van der Waals surface area contributed by atoms with Crippen LogP contribution in [0.25, 0.3) is 0 Å². The Labute approximate surface area is 97.4 Å². The van der Waals surface area contributed by atoms with E-state index in [4.69, 9.17) is 11.6 Å². The van der Waals surface area contributed by atoms with Crippen LogP contribution in [0.1, 0.15) is 20.7 Å². The van der Waals surface area contributed by atoms with Crippen LogP contribution in [0.3, 0.4) is 0 Å². The molecule has 0 unspecified atom stereocenters. The zero-order valence-electron chi connectivity index (χ0n) is 8.39. The SMILES string of the molecule is O=C1c2ccccc2C(=O)N1C[C@@H](O)CCl. The molecule has 0 spiro atoms. The van der Waals surface area contributed by atoms with Crippen LogP contribution in [0.15, 0.2) is 24.3 Å². The van der Waals surface area contributed by atoms with Crippen LogP contribution in [0.5, 0.6) is 0 Å². The molecule has 2 rings (SSSR count). The molecule has 84 valence electrons. The highest BCUT2D eigenvalue weighted by Crippen LogP contribution is 2.22. The number of amides is 2. The highest BCUT2D eigenvalue weighted by Gasteiger charge is 2.35. The van der Waals surface area contributed by atoms with Crippen LogP contribution in [0.4, 0.5) is 0 Å². The molecule has 16 heavy (non-hydrogen) atoms. The second-order valence-electron chi connectivity index (χ2n) is 3.57. The summed E-state index contributed by atoms with van der Waals surface area (Å²) in [7, 11) is 0. The van der Waals surface area contributed by atoms with Gasteiger partial charge in [0.05, 0.1) is 29.7 Å². The van der Waals surface area contributed by atoms with Crippen molar-refractivity contribution >= 4 is 23.4 Å². The monoisotopic (exact) mass is 239 g/mol.